The van der Waals surface area contributed by atoms with Crippen molar-refractivity contribution in [1.82, 2.24) is 4.31 Å². The number of piperidine rings is 1. The molecule has 0 aromatic carbocycles. The molecule has 3 unspecified atom stereocenters. The van der Waals surface area contributed by atoms with Gasteiger partial charge in [-0.15, -0.1) is 0 Å². The summed E-state index contributed by atoms with van der Waals surface area (Å²) in [6.45, 7) is 7.65. The summed E-state index contributed by atoms with van der Waals surface area (Å²) in [5, 5.41) is 0. The maximum atomic E-state index is 12.3. The molecule has 1 aliphatic heterocycles. The van der Waals surface area contributed by atoms with E-state index < -0.39 is 10.0 Å². The van der Waals surface area contributed by atoms with E-state index in [1.165, 1.54) is 0 Å². The molecule has 0 aromatic rings. The second kappa shape index (κ2) is 6.87. The highest BCUT2D eigenvalue weighted by molar-refractivity contribution is 7.89. The molecule has 1 heterocycles. The second-order valence-corrected chi connectivity index (χ2v) is 7.96. The van der Waals surface area contributed by atoms with Gasteiger partial charge >= 0.3 is 0 Å². The molecular weight excluding hydrogens is 248 g/mol. The normalized spacial score (nSPS) is 28.2. The molecule has 0 aromatic heterocycles. The zero-order valence-corrected chi connectivity index (χ0v) is 12.7. The summed E-state index contributed by atoms with van der Waals surface area (Å²) in [4.78, 5) is 0. The smallest absolute Gasteiger partial charge is 0.215 e. The molecule has 1 fully saturated rings. The van der Waals surface area contributed by atoms with Crippen LogP contribution in [-0.4, -0.2) is 37.6 Å². The van der Waals surface area contributed by atoms with Gasteiger partial charge in [0.05, 0.1) is 5.75 Å². The molecule has 1 rings (SSSR count). The molecule has 0 saturated carbocycles. The predicted molar refractivity (Wildman–Crippen MR) is 75.8 cm³/mol. The minimum Gasteiger partial charge on any atom is -0.327 e. The lowest BCUT2D eigenvalue weighted by Crippen LogP contribution is -2.46. The average molecular weight is 276 g/mol. The fourth-order valence-corrected chi connectivity index (χ4v) is 4.64. The highest BCUT2D eigenvalue weighted by Gasteiger charge is 2.31. The van der Waals surface area contributed by atoms with Crippen molar-refractivity contribution in [3.8, 4) is 0 Å². The Labute approximate surface area is 112 Å². The monoisotopic (exact) mass is 276 g/mol. The first-order chi connectivity index (χ1) is 8.35. The molecule has 4 nitrogen and oxygen atoms in total. The number of hydrogen-bond donors (Lipinski definition) is 1. The molecule has 2 N–H and O–H groups in total. The second-order valence-electron chi connectivity index (χ2n) is 5.94. The Morgan fingerprint density at radius 3 is 2.33 bits per heavy atom. The SMILES string of the molecule is CCCCC(N)CS(=O)(=O)N1CC(C)CC(C)C1. The summed E-state index contributed by atoms with van der Waals surface area (Å²) >= 11 is 0. The lowest BCUT2D eigenvalue weighted by molar-refractivity contribution is 0.222. The number of rotatable bonds is 6. The fraction of sp³-hybridized carbons (Fsp3) is 1.00. The van der Waals surface area contributed by atoms with E-state index in [0.717, 1.165) is 25.7 Å². The third kappa shape index (κ3) is 4.86. The molecular formula is C13H28N2O2S. The van der Waals surface area contributed by atoms with Gasteiger partial charge in [0.2, 0.25) is 10.0 Å². The quantitative estimate of drug-likeness (QED) is 0.805. The summed E-state index contributed by atoms with van der Waals surface area (Å²) in [7, 11) is -3.17. The fourth-order valence-electron chi connectivity index (χ4n) is 2.76. The van der Waals surface area contributed by atoms with E-state index in [9.17, 15) is 8.42 Å². The highest BCUT2D eigenvalue weighted by atomic mass is 32.2. The van der Waals surface area contributed by atoms with Crippen molar-refractivity contribution >= 4 is 10.0 Å². The van der Waals surface area contributed by atoms with Crippen molar-refractivity contribution < 1.29 is 8.42 Å². The zero-order chi connectivity index (χ0) is 13.8. The Kier molecular flexibility index (Phi) is 6.08. The van der Waals surface area contributed by atoms with Crippen LogP contribution < -0.4 is 5.73 Å². The van der Waals surface area contributed by atoms with E-state index >= 15 is 0 Å². The topological polar surface area (TPSA) is 63.4 Å². The van der Waals surface area contributed by atoms with Crippen LogP contribution in [0.4, 0.5) is 0 Å². The van der Waals surface area contributed by atoms with Crippen molar-refractivity contribution in [1.29, 1.82) is 0 Å². The van der Waals surface area contributed by atoms with Crippen LogP contribution in [0.25, 0.3) is 0 Å². The van der Waals surface area contributed by atoms with Gasteiger partial charge in [-0.25, -0.2) is 12.7 Å². The molecule has 0 aliphatic carbocycles. The molecule has 3 atom stereocenters. The number of nitrogens with two attached hydrogens (primary N) is 1. The van der Waals surface area contributed by atoms with E-state index in [1.807, 2.05) is 0 Å². The molecule has 5 heteroatoms. The van der Waals surface area contributed by atoms with Crippen LogP contribution in [0.1, 0.15) is 46.5 Å². The minimum absolute atomic E-state index is 0.104. The first kappa shape index (κ1) is 15.9. The van der Waals surface area contributed by atoms with Crippen molar-refractivity contribution in [2.75, 3.05) is 18.8 Å². The summed E-state index contributed by atoms with van der Waals surface area (Å²) in [5.74, 6) is 1.01. The molecule has 0 spiro atoms. The van der Waals surface area contributed by atoms with Gasteiger partial charge in [0.15, 0.2) is 0 Å². The lowest BCUT2D eigenvalue weighted by atomic mass is 9.94. The maximum Gasteiger partial charge on any atom is 0.215 e. The van der Waals surface area contributed by atoms with Crippen LogP contribution in [0, 0.1) is 11.8 Å². The molecule has 1 saturated heterocycles. The average Bonchev–Trinajstić information content (AvgIpc) is 2.24. The van der Waals surface area contributed by atoms with Crippen molar-refractivity contribution in [2.45, 2.75) is 52.5 Å². The number of hydrogen-bond acceptors (Lipinski definition) is 3. The number of sulfonamides is 1. The van der Waals surface area contributed by atoms with E-state index in [-0.39, 0.29) is 11.8 Å². The molecule has 18 heavy (non-hydrogen) atoms. The Morgan fingerprint density at radius 2 is 1.83 bits per heavy atom. The van der Waals surface area contributed by atoms with Gasteiger partial charge in [0, 0.05) is 19.1 Å². The van der Waals surface area contributed by atoms with Crippen LogP contribution in [0.5, 0.6) is 0 Å². The molecule has 1 aliphatic rings. The van der Waals surface area contributed by atoms with Gasteiger partial charge in [-0.1, -0.05) is 33.6 Å². The molecule has 0 bridgehead atoms. The van der Waals surface area contributed by atoms with Gasteiger partial charge in [-0.2, -0.15) is 0 Å². The van der Waals surface area contributed by atoms with Crippen LogP contribution in [-0.2, 0) is 10.0 Å². The standard InChI is InChI=1S/C13H28N2O2S/c1-4-5-6-13(14)10-18(16,17)15-8-11(2)7-12(3)9-15/h11-13H,4-10,14H2,1-3H3. The Morgan fingerprint density at radius 1 is 1.28 bits per heavy atom. The highest BCUT2D eigenvalue weighted by Crippen LogP contribution is 2.23. The van der Waals surface area contributed by atoms with Crippen LogP contribution in [0.3, 0.4) is 0 Å². The van der Waals surface area contributed by atoms with Crippen molar-refractivity contribution in [3.63, 3.8) is 0 Å². The van der Waals surface area contributed by atoms with E-state index in [1.54, 1.807) is 4.31 Å². The molecule has 0 amide bonds. The van der Waals surface area contributed by atoms with E-state index in [0.29, 0.717) is 24.9 Å². The Bertz CT molecular complexity index is 333. The van der Waals surface area contributed by atoms with Gasteiger partial charge in [-0.05, 0) is 24.7 Å². The number of nitrogens with zero attached hydrogens (tertiary/aromatic N) is 1. The van der Waals surface area contributed by atoms with Gasteiger partial charge in [0.25, 0.3) is 0 Å². The van der Waals surface area contributed by atoms with E-state index in [2.05, 4.69) is 20.8 Å². The summed E-state index contributed by atoms with van der Waals surface area (Å²) < 4.78 is 26.2. The summed E-state index contributed by atoms with van der Waals surface area (Å²) in [5.41, 5.74) is 5.92. The lowest BCUT2D eigenvalue weighted by Gasteiger charge is -2.34. The maximum absolute atomic E-state index is 12.3. The predicted octanol–water partition coefficient (Wildman–Crippen LogP) is 1.81. The van der Waals surface area contributed by atoms with Crippen LogP contribution >= 0.6 is 0 Å². The van der Waals surface area contributed by atoms with Crippen molar-refractivity contribution in [2.24, 2.45) is 17.6 Å². The van der Waals surface area contributed by atoms with Gasteiger partial charge in [0.1, 0.15) is 0 Å². The van der Waals surface area contributed by atoms with Crippen LogP contribution in [0.15, 0.2) is 0 Å². The van der Waals surface area contributed by atoms with Gasteiger partial charge in [-0.3, -0.25) is 0 Å². The first-order valence-electron chi connectivity index (χ1n) is 7.08. The molecule has 0 radical (unpaired) electrons. The summed E-state index contributed by atoms with van der Waals surface area (Å²) in [6.07, 6.45) is 3.98. The first-order valence-corrected chi connectivity index (χ1v) is 8.69. The molecule has 108 valence electrons. The third-order valence-electron chi connectivity index (χ3n) is 3.58. The van der Waals surface area contributed by atoms with Crippen molar-refractivity contribution in [3.05, 3.63) is 0 Å². The zero-order valence-electron chi connectivity index (χ0n) is 11.9. The largest absolute Gasteiger partial charge is 0.327 e. The minimum atomic E-state index is -3.17. The Hall–Kier alpha value is -0.130. The van der Waals surface area contributed by atoms with Crippen LogP contribution in [0.2, 0.25) is 0 Å². The number of unbranched alkanes of at least 4 members (excludes halogenated alkanes) is 1. The van der Waals surface area contributed by atoms with E-state index in [4.69, 9.17) is 5.73 Å². The van der Waals surface area contributed by atoms with Gasteiger partial charge < -0.3 is 5.73 Å². The third-order valence-corrected chi connectivity index (χ3v) is 5.52. The Balaban J connectivity index is 2.57. The summed E-state index contributed by atoms with van der Waals surface area (Å²) in [6, 6.07) is -0.220.